The highest BCUT2D eigenvalue weighted by atomic mass is 79.9. The molecule has 0 aromatic rings. The average Bonchev–Trinajstić information content (AvgIpc) is 2.58. The number of urea groups is 1. The minimum Gasteiger partial charge on any atom is -0.318 e. The van der Waals surface area contributed by atoms with Crippen LogP contribution in [0.5, 0.6) is 0 Å². The lowest BCUT2D eigenvalue weighted by atomic mass is 9.82. The fourth-order valence-electron chi connectivity index (χ4n) is 2.97. The summed E-state index contributed by atoms with van der Waals surface area (Å²) in [5.41, 5.74) is 0.0903. The van der Waals surface area contributed by atoms with Crippen molar-refractivity contribution >= 4 is 27.9 Å². The molecule has 18 heavy (non-hydrogen) atoms. The number of rotatable bonds is 3. The molecule has 2 fully saturated rings. The van der Waals surface area contributed by atoms with E-state index in [-0.39, 0.29) is 23.9 Å². The van der Waals surface area contributed by atoms with Gasteiger partial charge in [-0.2, -0.15) is 0 Å². The lowest BCUT2D eigenvalue weighted by Gasteiger charge is -2.33. The van der Waals surface area contributed by atoms with Gasteiger partial charge in [-0.25, -0.2) is 4.79 Å². The molecule has 4 nitrogen and oxygen atoms in total. The van der Waals surface area contributed by atoms with Crippen LogP contribution < -0.4 is 0 Å². The van der Waals surface area contributed by atoms with Crippen molar-refractivity contribution in [2.45, 2.75) is 38.5 Å². The number of amides is 3. The van der Waals surface area contributed by atoms with Crippen molar-refractivity contribution in [3.8, 4) is 0 Å². The highest BCUT2D eigenvalue weighted by Gasteiger charge is 2.40. The summed E-state index contributed by atoms with van der Waals surface area (Å²) < 4.78 is 0. The first-order valence-corrected chi connectivity index (χ1v) is 7.82. The summed E-state index contributed by atoms with van der Waals surface area (Å²) in [6.07, 6.45) is 7.18. The normalized spacial score (nSPS) is 24.6. The molecule has 1 saturated carbocycles. The van der Waals surface area contributed by atoms with Crippen LogP contribution in [0.3, 0.4) is 0 Å². The van der Waals surface area contributed by atoms with E-state index < -0.39 is 0 Å². The van der Waals surface area contributed by atoms with Crippen LogP contribution in [0, 0.1) is 5.41 Å². The van der Waals surface area contributed by atoms with E-state index in [0.717, 1.165) is 18.2 Å². The van der Waals surface area contributed by atoms with Gasteiger partial charge in [0.25, 0.3) is 0 Å². The molecule has 1 aliphatic carbocycles. The van der Waals surface area contributed by atoms with Gasteiger partial charge in [-0.1, -0.05) is 41.6 Å². The Morgan fingerprint density at radius 2 is 1.78 bits per heavy atom. The molecule has 1 aliphatic heterocycles. The number of alkyl halides is 1. The number of nitrogens with zero attached hydrogens (tertiary/aromatic N) is 2. The largest absolute Gasteiger partial charge is 0.326 e. The van der Waals surface area contributed by atoms with Gasteiger partial charge in [-0.05, 0) is 18.3 Å². The summed E-state index contributed by atoms with van der Waals surface area (Å²) >= 11 is 3.60. The zero-order valence-electron chi connectivity index (χ0n) is 11.0. The summed E-state index contributed by atoms with van der Waals surface area (Å²) in [6, 6.07) is -0.135. The van der Waals surface area contributed by atoms with Crippen LogP contribution in [0.2, 0.25) is 0 Å². The van der Waals surface area contributed by atoms with Gasteiger partial charge in [0.15, 0.2) is 0 Å². The van der Waals surface area contributed by atoms with Crippen molar-refractivity contribution in [3.63, 3.8) is 0 Å². The summed E-state index contributed by atoms with van der Waals surface area (Å²) in [6.45, 7) is 0.817. The highest BCUT2D eigenvalue weighted by Crippen LogP contribution is 2.38. The smallest absolute Gasteiger partial charge is 0.318 e. The first-order chi connectivity index (χ1) is 8.58. The Labute approximate surface area is 117 Å². The Morgan fingerprint density at radius 3 is 2.22 bits per heavy atom. The van der Waals surface area contributed by atoms with Crippen molar-refractivity contribution < 1.29 is 9.59 Å². The molecule has 0 bridgehead atoms. The summed E-state index contributed by atoms with van der Waals surface area (Å²) in [5.74, 6) is -0.0490. The Kier molecular flexibility index (Phi) is 4.30. The Balaban J connectivity index is 2.09. The number of hydrogen-bond acceptors (Lipinski definition) is 2. The van der Waals surface area contributed by atoms with Crippen molar-refractivity contribution in [2.75, 3.05) is 25.5 Å². The Bertz CT molecular complexity index is 338. The van der Waals surface area contributed by atoms with Gasteiger partial charge in [0.05, 0.1) is 0 Å². The quantitative estimate of drug-likeness (QED) is 0.456. The first kappa shape index (κ1) is 13.8. The fraction of sp³-hybridized carbons (Fsp3) is 0.846. The predicted octanol–water partition coefficient (Wildman–Crippen LogP) is 2.62. The number of carbonyl (C=O) groups is 2. The monoisotopic (exact) mass is 316 g/mol. The number of halogens is 1. The van der Waals surface area contributed by atoms with Crippen molar-refractivity contribution in [2.24, 2.45) is 5.41 Å². The maximum absolute atomic E-state index is 11.9. The van der Waals surface area contributed by atoms with Crippen LogP contribution >= 0.6 is 15.9 Å². The van der Waals surface area contributed by atoms with Crippen LogP contribution in [-0.4, -0.2) is 47.2 Å². The maximum Gasteiger partial charge on any atom is 0.326 e. The second-order valence-corrected chi connectivity index (χ2v) is 6.23. The van der Waals surface area contributed by atoms with Crippen molar-refractivity contribution in [1.82, 2.24) is 9.80 Å². The van der Waals surface area contributed by atoms with Crippen LogP contribution in [0.25, 0.3) is 0 Å². The van der Waals surface area contributed by atoms with Gasteiger partial charge in [-0.3, -0.25) is 9.69 Å². The van der Waals surface area contributed by atoms with Crippen molar-refractivity contribution in [3.05, 3.63) is 0 Å². The molecule has 0 N–H and O–H groups in total. The molecular weight excluding hydrogens is 296 g/mol. The second kappa shape index (κ2) is 5.59. The van der Waals surface area contributed by atoms with Crippen LogP contribution in [-0.2, 0) is 4.79 Å². The van der Waals surface area contributed by atoms with E-state index >= 15 is 0 Å². The van der Waals surface area contributed by atoms with Crippen LogP contribution in [0.1, 0.15) is 38.5 Å². The molecule has 1 saturated heterocycles. The number of carbonyl (C=O) groups excluding carboxylic acids is 2. The molecule has 0 atom stereocenters. The number of hydrogen-bond donors (Lipinski definition) is 0. The predicted molar refractivity (Wildman–Crippen MR) is 73.7 cm³/mol. The van der Waals surface area contributed by atoms with E-state index in [0.29, 0.717) is 6.54 Å². The molecule has 2 rings (SSSR count). The lowest BCUT2D eigenvalue weighted by molar-refractivity contribution is -0.126. The standard InChI is InChI=1S/C13H21BrN2O2/c1-15-8-11(17)16(12(15)18)10-13(9-14)6-4-2-3-5-7-13/h2-10H2,1H3. The molecule has 2 aliphatic rings. The molecule has 5 heteroatoms. The Morgan fingerprint density at radius 1 is 1.17 bits per heavy atom. The molecular formula is C13H21BrN2O2. The molecule has 0 unspecified atom stereocenters. The minimum absolute atomic E-state index is 0.0490. The van der Waals surface area contributed by atoms with E-state index in [1.54, 1.807) is 7.05 Å². The molecule has 0 spiro atoms. The lowest BCUT2D eigenvalue weighted by Crippen LogP contribution is -2.42. The second-order valence-electron chi connectivity index (χ2n) is 5.67. The van der Waals surface area contributed by atoms with E-state index in [9.17, 15) is 9.59 Å². The first-order valence-electron chi connectivity index (χ1n) is 6.69. The minimum atomic E-state index is -0.135. The molecule has 1 heterocycles. The van der Waals surface area contributed by atoms with Gasteiger partial charge in [-0.15, -0.1) is 0 Å². The zero-order chi connectivity index (χ0) is 13.2. The summed E-state index contributed by atoms with van der Waals surface area (Å²) in [7, 11) is 1.69. The van der Waals surface area contributed by atoms with Gasteiger partial charge < -0.3 is 4.90 Å². The third kappa shape index (κ3) is 2.71. The van der Waals surface area contributed by atoms with E-state index in [4.69, 9.17) is 0 Å². The molecule has 0 aromatic carbocycles. The van der Waals surface area contributed by atoms with Gasteiger partial charge >= 0.3 is 6.03 Å². The van der Waals surface area contributed by atoms with E-state index in [1.165, 1.54) is 35.5 Å². The Hall–Kier alpha value is -0.580. The SMILES string of the molecule is CN1CC(=O)N(CC2(CBr)CCCCCC2)C1=O. The van der Waals surface area contributed by atoms with Crippen LogP contribution in [0.4, 0.5) is 4.79 Å². The topological polar surface area (TPSA) is 40.6 Å². The maximum atomic E-state index is 11.9. The van der Waals surface area contributed by atoms with Crippen molar-refractivity contribution in [1.29, 1.82) is 0 Å². The molecule has 3 amide bonds. The van der Waals surface area contributed by atoms with Crippen LogP contribution in [0.15, 0.2) is 0 Å². The molecule has 0 radical (unpaired) electrons. The molecule has 0 aromatic heterocycles. The molecule has 102 valence electrons. The number of likely N-dealkylation sites (N-methyl/N-ethyl adjacent to an activating group) is 1. The third-order valence-corrected chi connectivity index (χ3v) is 5.36. The number of imide groups is 1. The fourth-order valence-corrected chi connectivity index (χ4v) is 3.71. The van der Waals surface area contributed by atoms with Gasteiger partial charge in [0.1, 0.15) is 6.54 Å². The van der Waals surface area contributed by atoms with Gasteiger partial charge in [0.2, 0.25) is 5.91 Å². The zero-order valence-corrected chi connectivity index (χ0v) is 12.5. The third-order valence-electron chi connectivity index (χ3n) is 4.17. The van der Waals surface area contributed by atoms with Gasteiger partial charge in [0, 0.05) is 18.9 Å². The average molecular weight is 317 g/mol. The van der Waals surface area contributed by atoms with E-state index in [2.05, 4.69) is 15.9 Å². The summed E-state index contributed by atoms with van der Waals surface area (Å²) in [4.78, 5) is 26.8. The van der Waals surface area contributed by atoms with E-state index in [1.807, 2.05) is 0 Å². The summed E-state index contributed by atoms with van der Waals surface area (Å²) in [5, 5.41) is 0.876. The highest BCUT2D eigenvalue weighted by molar-refractivity contribution is 9.09.